The molecule has 4 heteroatoms. The van der Waals surface area contributed by atoms with Crippen LogP contribution in [0, 0.1) is 5.92 Å². The van der Waals surface area contributed by atoms with Crippen molar-refractivity contribution in [3.8, 4) is 0 Å². The lowest BCUT2D eigenvalue weighted by Crippen LogP contribution is -2.30. The Morgan fingerprint density at radius 2 is 2.29 bits per heavy atom. The molecule has 0 saturated carbocycles. The van der Waals surface area contributed by atoms with Gasteiger partial charge in [0.2, 0.25) is 0 Å². The molecule has 1 aromatic heterocycles. The summed E-state index contributed by atoms with van der Waals surface area (Å²) in [5.74, 6) is 2.99. The summed E-state index contributed by atoms with van der Waals surface area (Å²) in [6, 6.07) is 0. The van der Waals surface area contributed by atoms with E-state index in [9.17, 15) is 0 Å². The molecule has 96 valence electrons. The molecule has 0 aromatic carbocycles. The van der Waals surface area contributed by atoms with E-state index in [1.807, 2.05) is 11.7 Å². The highest BCUT2D eigenvalue weighted by atomic mass is 15.3. The number of nitrogens with zero attached hydrogens (tertiary/aromatic N) is 3. The Balaban J connectivity index is 1.84. The van der Waals surface area contributed by atoms with Crippen LogP contribution in [0.3, 0.4) is 0 Å². The SMILES string of the molecule is CCCc1nc(CCC2CCCNC2)n(C)n1. The van der Waals surface area contributed by atoms with E-state index >= 15 is 0 Å². The smallest absolute Gasteiger partial charge is 0.150 e. The molecule has 0 amide bonds. The largest absolute Gasteiger partial charge is 0.316 e. The summed E-state index contributed by atoms with van der Waals surface area (Å²) >= 11 is 0. The predicted molar refractivity (Wildman–Crippen MR) is 68.9 cm³/mol. The van der Waals surface area contributed by atoms with Crippen molar-refractivity contribution in [1.82, 2.24) is 20.1 Å². The van der Waals surface area contributed by atoms with E-state index in [0.717, 1.165) is 36.8 Å². The molecule has 0 aliphatic carbocycles. The second kappa shape index (κ2) is 6.15. The number of hydrogen-bond acceptors (Lipinski definition) is 3. The minimum Gasteiger partial charge on any atom is -0.316 e. The Labute approximate surface area is 104 Å². The monoisotopic (exact) mass is 236 g/mol. The third-order valence-electron chi connectivity index (χ3n) is 3.55. The maximum atomic E-state index is 4.62. The number of aromatic nitrogens is 3. The van der Waals surface area contributed by atoms with Crippen molar-refractivity contribution in [3.05, 3.63) is 11.6 Å². The topological polar surface area (TPSA) is 42.7 Å². The zero-order chi connectivity index (χ0) is 12.1. The first-order valence-electron chi connectivity index (χ1n) is 6.89. The van der Waals surface area contributed by atoms with Crippen molar-refractivity contribution in [3.63, 3.8) is 0 Å². The third-order valence-corrected chi connectivity index (χ3v) is 3.55. The van der Waals surface area contributed by atoms with E-state index in [1.165, 1.54) is 32.4 Å². The molecule has 0 bridgehead atoms. The molecule has 1 unspecified atom stereocenters. The fraction of sp³-hybridized carbons (Fsp3) is 0.846. The first kappa shape index (κ1) is 12.6. The first-order chi connectivity index (χ1) is 8.29. The average Bonchev–Trinajstić information content (AvgIpc) is 2.69. The summed E-state index contributed by atoms with van der Waals surface area (Å²) in [4.78, 5) is 4.62. The summed E-state index contributed by atoms with van der Waals surface area (Å²) in [6.07, 6.45) is 7.12. The van der Waals surface area contributed by atoms with E-state index in [2.05, 4.69) is 22.3 Å². The van der Waals surface area contributed by atoms with Crippen molar-refractivity contribution < 1.29 is 0 Å². The molecule has 0 spiro atoms. The van der Waals surface area contributed by atoms with E-state index in [-0.39, 0.29) is 0 Å². The van der Waals surface area contributed by atoms with Gasteiger partial charge in [0, 0.05) is 19.9 Å². The van der Waals surface area contributed by atoms with Crippen LogP contribution in [0.25, 0.3) is 0 Å². The van der Waals surface area contributed by atoms with Crippen LogP contribution in [0.1, 0.15) is 44.3 Å². The van der Waals surface area contributed by atoms with E-state index < -0.39 is 0 Å². The molecular weight excluding hydrogens is 212 g/mol. The number of piperidine rings is 1. The molecule has 1 aliphatic heterocycles. The molecule has 17 heavy (non-hydrogen) atoms. The van der Waals surface area contributed by atoms with E-state index in [1.54, 1.807) is 0 Å². The highest BCUT2D eigenvalue weighted by Crippen LogP contribution is 2.16. The number of rotatable bonds is 5. The molecular formula is C13H24N4. The zero-order valence-corrected chi connectivity index (χ0v) is 11.1. The van der Waals surface area contributed by atoms with Gasteiger partial charge in [0.25, 0.3) is 0 Å². The second-order valence-corrected chi connectivity index (χ2v) is 5.07. The summed E-state index contributed by atoms with van der Waals surface area (Å²) in [6.45, 7) is 4.55. The number of nitrogens with one attached hydrogen (secondary N) is 1. The Kier molecular flexibility index (Phi) is 4.54. The molecule has 1 saturated heterocycles. The van der Waals surface area contributed by atoms with Gasteiger partial charge in [0.05, 0.1) is 0 Å². The summed E-state index contributed by atoms with van der Waals surface area (Å²) in [5, 5.41) is 7.92. The highest BCUT2D eigenvalue weighted by Gasteiger charge is 2.14. The summed E-state index contributed by atoms with van der Waals surface area (Å²) in [7, 11) is 2.01. The lowest BCUT2D eigenvalue weighted by Gasteiger charge is -2.22. The fourth-order valence-corrected chi connectivity index (χ4v) is 2.53. The zero-order valence-electron chi connectivity index (χ0n) is 11.1. The lowest BCUT2D eigenvalue weighted by atomic mass is 9.94. The van der Waals surface area contributed by atoms with Crippen LogP contribution in [0.15, 0.2) is 0 Å². The Bertz CT molecular complexity index is 339. The molecule has 4 nitrogen and oxygen atoms in total. The van der Waals surface area contributed by atoms with Gasteiger partial charge in [0.15, 0.2) is 5.82 Å². The van der Waals surface area contributed by atoms with Gasteiger partial charge in [-0.2, -0.15) is 5.10 Å². The van der Waals surface area contributed by atoms with Crippen molar-refractivity contribution >= 4 is 0 Å². The van der Waals surface area contributed by atoms with Crippen LogP contribution in [0.4, 0.5) is 0 Å². The molecule has 2 heterocycles. The maximum absolute atomic E-state index is 4.62. The molecule has 1 aromatic rings. The molecule has 0 radical (unpaired) electrons. The van der Waals surface area contributed by atoms with Crippen LogP contribution in [-0.4, -0.2) is 27.9 Å². The van der Waals surface area contributed by atoms with Crippen molar-refractivity contribution in [2.75, 3.05) is 13.1 Å². The van der Waals surface area contributed by atoms with Crippen LogP contribution >= 0.6 is 0 Å². The van der Waals surface area contributed by atoms with Gasteiger partial charge in [-0.05, 0) is 44.7 Å². The third kappa shape index (κ3) is 3.53. The molecule has 1 fully saturated rings. The predicted octanol–water partition coefficient (Wildman–Crippen LogP) is 1.70. The quantitative estimate of drug-likeness (QED) is 0.846. The standard InChI is InChI=1S/C13H24N4/c1-3-5-12-15-13(17(2)16-12)8-7-11-6-4-9-14-10-11/h11,14H,3-10H2,1-2H3. The minimum atomic E-state index is 0.829. The molecule has 1 atom stereocenters. The minimum absolute atomic E-state index is 0.829. The molecule has 1 aliphatic rings. The Morgan fingerprint density at radius 1 is 1.41 bits per heavy atom. The second-order valence-electron chi connectivity index (χ2n) is 5.07. The van der Waals surface area contributed by atoms with Gasteiger partial charge in [-0.15, -0.1) is 0 Å². The van der Waals surface area contributed by atoms with Gasteiger partial charge in [-0.3, -0.25) is 4.68 Å². The van der Waals surface area contributed by atoms with Crippen LogP contribution in [0.2, 0.25) is 0 Å². The fourth-order valence-electron chi connectivity index (χ4n) is 2.53. The molecule has 1 N–H and O–H groups in total. The summed E-state index contributed by atoms with van der Waals surface area (Å²) in [5.41, 5.74) is 0. The normalized spacial score (nSPS) is 20.7. The van der Waals surface area contributed by atoms with Crippen molar-refractivity contribution in [2.45, 2.75) is 45.4 Å². The number of hydrogen-bond donors (Lipinski definition) is 1. The maximum Gasteiger partial charge on any atom is 0.150 e. The number of aryl methyl sites for hydroxylation is 3. The average molecular weight is 236 g/mol. The van der Waals surface area contributed by atoms with Gasteiger partial charge >= 0.3 is 0 Å². The van der Waals surface area contributed by atoms with E-state index in [0.29, 0.717) is 0 Å². The Hall–Kier alpha value is -0.900. The van der Waals surface area contributed by atoms with Crippen molar-refractivity contribution in [2.24, 2.45) is 13.0 Å². The van der Waals surface area contributed by atoms with E-state index in [4.69, 9.17) is 0 Å². The van der Waals surface area contributed by atoms with Gasteiger partial charge in [-0.1, -0.05) is 6.92 Å². The van der Waals surface area contributed by atoms with Gasteiger partial charge < -0.3 is 5.32 Å². The van der Waals surface area contributed by atoms with Crippen molar-refractivity contribution in [1.29, 1.82) is 0 Å². The van der Waals surface area contributed by atoms with Gasteiger partial charge in [-0.25, -0.2) is 4.98 Å². The Morgan fingerprint density at radius 3 is 3.00 bits per heavy atom. The van der Waals surface area contributed by atoms with Gasteiger partial charge in [0.1, 0.15) is 5.82 Å². The van der Waals surface area contributed by atoms with Crippen LogP contribution < -0.4 is 5.32 Å². The first-order valence-corrected chi connectivity index (χ1v) is 6.89. The summed E-state index contributed by atoms with van der Waals surface area (Å²) < 4.78 is 1.96. The van der Waals surface area contributed by atoms with Crippen LogP contribution in [0.5, 0.6) is 0 Å². The lowest BCUT2D eigenvalue weighted by molar-refractivity contribution is 0.354. The van der Waals surface area contributed by atoms with Crippen LogP contribution in [-0.2, 0) is 19.9 Å². The molecule has 2 rings (SSSR count). The highest BCUT2D eigenvalue weighted by molar-refractivity contribution is 4.93.